The molecule has 0 spiro atoms. The van der Waals surface area contributed by atoms with Gasteiger partial charge in [-0.25, -0.2) is 4.98 Å². The summed E-state index contributed by atoms with van der Waals surface area (Å²) in [6.45, 7) is 0. The van der Waals surface area contributed by atoms with Crippen molar-refractivity contribution >= 4 is 23.5 Å². The lowest BCUT2D eigenvalue weighted by molar-refractivity contribution is -0.176. The summed E-state index contributed by atoms with van der Waals surface area (Å²) in [5, 5.41) is 2.89. The molecule has 1 aliphatic carbocycles. The maximum absolute atomic E-state index is 14.1. The number of nitrogens with two attached hydrogens (primary N) is 1. The molecule has 0 aliphatic heterocycles. The Morgan fingerprint density at radius 3 is 2.65 bits per heavy atom. The smallest absolute Gasteiger partial charge is 0.396 e. The van der Waals surface area contributed by atoms with Gasteiger partial charge in [0.15, 0.2) is 5.82 Å². The molecule has 1 atom stereocenters. The number of alkyl halides is 3. The highest BCUT2D eigenvalue weighted by Crippen LogP contribution is 2.50. The molecule has 4 nitrogen and oxygen atoms in total. The van der Waals surface area contributed by atoms with Gasteiger partial charge in [0.05, 0.1) is 5.69 Å². The number of carbonyl (C=O) groups excluding carboxylic acids is 1. The van der Waals surface area contributed by atoms with Crippen LogP contribution in [0.2, 0.25) is 0 Å². The molecule has 2 aromatic rings. The standard InChI is InChI=1S/C19H16F3N3O/c20-19(21,22)18(9-3-5-13(11-18)12-26)14-6-1-2-8-16(14)25-17-15(23)7-4-10-24-17/h1-10,12H,11,23H2,(H,24,25). The van der Waals surface area contributed by atoms with Gasteiger partial charge in [0.1, 0.15) is 11.7 Å². The van der Waals surface area contributed by atoms with E-state index in [1.807, 2.05) is 0 Å². The molecular formula is C19H16F3N3O. The van der Waals surface area contributed by atoms with E-state index in [0.717, 1.165) is 6.08 Å². The van der Waals surface area contributed by atoms with E-state index in [-0.39, 0.29) is 22.6 Å². The Labute approximate surface area is 148 Å². The normalized spacial score (nSPS) is 19.7. The van der Waals surface area contributed by atoms with Crippen LogP contribution in [0, 0.1) is 0 Å². The number of allylic oxidation sites excluding steroid dienone is 4. The van der Waals surface area contributed by atoms with Crippen LogP contribution in [0.4, 0.5) is 30.4 Å². The molecule has 7 heteroatoms. The van der Waals surface area contributed by atoms with Crippen LogP contribution in [0.5, 0.6) is 0 Å². The first kappa shape index (κ1) is 17.7. The van der Waals surface area contributed by atoms with E-state index in [4.69, 9.17) is 5.73 Å². The summed E-state index contributed by atoms with van der Waals surface area (Å²) in [5.41, 5.74) is 4.15. The molecule has 0 saturated heterocycles. The van der Waals surface area contributed by atoms with E-state index < -0.39 is 18.0 Å². The second kappa shape index (κ2) is 6.67. The van der Waals surface area contributed by atoms with E-state index in [1.165, 1.54) is 36.5 Å². The number of carbonyl (C=O) groups is 1. The summed E-state index contributed by atoms with van der Waals surface area (Å²) in [6, 6.07) is 9.32. The zero-order valence-corrected chi connectivity index (χ0v) is 13.6. The van der Waals surface area contributed by atoms with Gasteiger partial charge in [-0.2, -0.15) is 13.2 Å². The van der Waals surface area contributed by atoms with Gasteiger partial charge in [-0.3, -0.25) is 4.79 Å². The third-order valence-electron chi connectivity index (χ3n) is 4.33. The summed E-state index contributed by atoms with van der Waals surface area (Å²) in [6.07, 6.45) is 0.635. The van der Waals surface area contributed by atoms with Crippen molar-refractivity contribution in [2.24, 2.45) is 0 Å². The van der Waals surface area contributed by atoms with Gasteiger partial charge in [-0.15, -0.1) is 0 Å². The number of nitrogens with zero attached hydrogens (tertiary/aromatic N) is 1. The number of anilines is 3. The fourth-order valence-corrected chi connectivity index (χ4v) is 3.02. The molecule has 134 valence electrons. The minimum absolute atomic E-state index is 0.00116. The predicted molar refractivity (Wildman–Crippen MR) is 94.0 cm³/mol. The third-order valence-corrected chi connectivity index (χ3v) is 4.33. The largest absolute Gasteiger partial charge is 0.402 e. The maximum Gasteiger partial charge on any atom is 0.402 e. The van der Waals surface area contributed by atoms with Crippen LogP contribution in [-0.2, 0) is 10.2 Å². The fourth-order valence-electron chi connectivity index (χ4n) is 3.02. The summed E-state index contributed by atoms with van der Waals surface area (Å²) in [5.74, 6) is 0.267. The van der Waals surface area contributed by atoms with Crippen molar-refractivity contribution in [3.63, 3.8) is 0 Å². The van der Waals surface area contributed by atoms with Crippen LogP contribution < -0.4 is 11.1 Å². The summed E-state index contributed by atoms with van der Waals surface area (Å²) < 4.78 is 42.4. The monoisotopic (exact) mass is 359 g/mol. The van der Waals surface area contributed by atoms with Crippen LogP contribution in [0.15, 0.2) is 66.4 Å². The molecule has 0 amide bonds. The van der Waals surface area contributed by atoms with Crippen molar-refractivity contribution in [3.05, 3.63) is 72.0 Å². The zero-order valence-electron chi connectivity index (χ0n) is 13.6. The Kier molecular flexibility index (Phi) is 4.54. The lowest BCUT2D eigenvalue weighted by Gasteiger charge is -2.36. The second-order valence-electron chi connectivity index (χ2n) is 5.98. The number of para-hydroxylation sites is 1. The summed E-state index contributed by atoms with van der Waals surface area (Å²) >= 11 is 0. The topological polar surface area (TPSA) is 68.0 Å². The van der Waals surface area contributed by atoms with Crippen LogP contribution in [0.25, 0.3) is 0 Å². The van der Waals surface area contributed by atoms with Crippen LogP contribution in [0.3, 0.4) is 0 Å². The van der Waals surface area contributed by atoms with E-state index >= 15 is 0 Å². The number of halogens is 3. The molecule has 0 radical (unpaired) electrons. The lowest BCUT2D eigenvalue weighted by Crippen LogP contribution is -2.42. The number of nitrogens with one attached hydrogen (secondary N) is 1. The van der Waals surface area contributed by atoms with Gasteiger partial charge in [-0.05, 0) is 35.8 Å². The molecule has 1 aliphatic rings. The van der Waals surface area contributed by atoms with Crippen molar-refractivity contribution in [3.8, 4) is 0 Å². The average molecular weight is 359 g/mol. The fraction of sp³-hybridized carbons (Fsp3) is 0.158. The predicted octanol–water partition coefficient (Wildman–Crippen LogP) is 4.29. The van der Waals surface area contributed by atoms with Crippen LogP contribution in [-0.4, -0.2) is 17.4 Å². The number of hydrogen-bond acceptors (Lipinski definition) is 4. The van der Waals surface area contributed by atoms with Gasteiger partial charge >= 0.3 is 6.18 Å². The van der Waals surface area contributed by atoms with Crippen molar-refractivity contribution in [1.82, 2.24) is 4.98 Å². The summed E-state index contributed by atoms with van der Waals surface area (Å²) in [4.78, 5) is 15.2. The molecule has 1 unspecified atom stereocenters. The first-order valence-corrected chi connectivity index (χ1v) is 7.85. The number of rotatable bonds is 4. The van der Waals surface area contributed by atoms with Gasteiger partial charge in [0.25, 0.3) is 0 Å². The van der Waals surface area contributed by atoms with Crippen LogP contribution in [0.1, 0.15) is 12.0 Å². The summed E-state index contributed by atoms with van der Waals surface area (Å²) in [7, 11) is 0. The quantitative estimate of drug-likeness (QED) is 0.799. The molecule has 1 aromatic carbocycles. The van der Waals surface area contributed by atoms with Gasteiger partial charge in [0, 0.05) is 11.9 Å². The molecule has 3 rings (SSSR count). The maximum atomic E-state index is 14.1. The van der Waals surface area contributed by atoms with E-state index in [9.17, 15) is 18.0 Å². The Morgan fingerprint density at radius 2 is 1.96 bits per heavy atom. The molecule has 26 heavy (non-hydrogen) atoms. The molecule has 0 saturated carbocycles. The first-order chi connectivity index (χ1) is 12.4. The van der Waals surface area contributed by atoms with Gasteiger partial charge < -0.3 is 11.1 Å². The van der Waals surface area contributed by atoms with Crippen molar-refractivity contribution in [2.75, 3.05) is 11.1 Å². The van der Waals surface area contributed by atoms with Crippen molar-refractivity contribution in [1.29, 1.82) is 0 Å². The van der Waals surface area contributed by atoms with Gasteiger partial charge in [-0.1, -0.05) is 36.4 Å². The lowest BCUT2D eigenvalue weighted by atomic mass is 9.72. The number of nitrogen functional groups attached to an aromatic ring is 1. The van der Waals surface area contributed by atoms with Crippen molar-refractivity contribution in [2.45, 2.75) is 18.0 Å². The highest BCUT2D eigenvalue weighted by molar-refractivity contribution is 5.77. The van der Waals surface area contributed by atoms with Crippen molar-refractivity contribution < 1.29 is 18.0 Å². The average Bonchev–Trinajstić information content (AvgIpc) is 2.63. The SMILES string of the molecule is Nc1cccnc1Nc1ccccc1C1(C(F)(F)F)C=CC=C(C=O)C1. The first-order valence-electron chi connectivity index (χ1n) is 7.85. The molecule has 0 fully saturated rings. The molecule has 3 N–H and O–H groups in total. The molecule has 0 bridgehead atoms. The molecule has 1 aromatic heterocycles. The zero-order chi connectivity index (χ0) is 18.8. The second-order valence-corrected chi connectivity index (χ2v) is 5.98. The minimum Gasteiger partial charge on any atom is -0.396 e. The number of pyridine rings is 1. The highest BCUT2D eigenvalue weighted by Gasteiger charge is 2.55. The Hall–Kier alpha value is -3.09. The van der Waals surface area contributed by atoms with Crippen LogP contribution >= 0.6 is 0 Å². The Balaban J connectivity index is 2.13. The Morgan fingerprint density at radius 1 is 1.19 bits per heavy atom. The number of aldehydes is 1. The number of benzene rings is 1. The van der Waals surface area contributed by atoms with E-state index in [0.29, 0.717) is 12.0 Å². The highest BCUT2D eigenvalue weighted by atomic mass is 19.4. The van der Waals surface area contributed by atoms with E-state index in [1.54, 1.807) is 18.2 Å². The third kappa shape index (κ3) is 3.08. The molecule has 1 heterocycles. The van der Waals surface area contributed by atoms with Gasteiger partial charge in [0.2, 0.25) is 0 Å². The molecular weight excluding hydrogens is 343 g/mol. The Bertz CT molecular complexity index is 890. The van der Waals surface area contributed by atoms with E-state index in [2.05, 4.69) is 10.3 Å². The number of aromatic nitrogens is 1. The minimum atomic E-state index is -4.60. The number of hydrogen-bond donors (Lipinski definition) is 2.